The van der Waals surface area contributed by atoms with Crippen molar-refractivity contribution in [1.29, 1.82) is 0 Å². The van der Waals surface area contributed by atoms with Gasteiger partial charge in [-0.25, -0.2) is 14.5 Å². The number of hydrogen-bond donors (Lipinski definition) is 0. The van der Waals surface area contributed by atoms with Gasteiger partial charge in [0.1, 0.15) is 11.2 Å². The number of nitrogens with zero attached hydrogens (tertiary/aromatic N) is 5. The van der Waals surface area contributed by atoms with E-state index in [0.717, 1.165) is 54.6 Å². The molecule has 6 nitrogen and oxygen atoms in total. The van der Waals surface area contributed by atoms with E-state index in [-0.39, 0.29) is 5.91 Å². The van der Waals surface area contributed by atoms with Gasteiger partial charge in [0.25, 0.3) is 5.91 Å². The van der Waals surface area contributed by atoms with Crippen molar-refractivity contribution in [1.82, 2.24) is 24.5 Å². The molecule has 2 aliphatic rings. The summed E-state index contributed by atoms with van der Waals surface area (Å²) in [5.74, 6) is 0.950. The van der Waals surface area contributed by atoms with E-state index in [1.807, 2.05) is 4.90 Å². The highest BCUT2D eigenvalue weighted by Gasteiger charge is 2.32. The van der Waals surface area contributed by atoms with E-state index in [1.54, 1.807) is 22.2 Å². The maximum absolute atomic E-state index is 12.9. The molecule has 0 bridgehead atoms. The number of thiophene rings is 1. The van der Waals surface area contributed by atoms with Crippen LogP contribution in [0.15, 0.2) is 6.33 Å². The van der Waals surface area contributed by atoms with Crippen molar-refractivity contribution in [2.75, 3.05) is 13.1 Å². The Morgan fingerprint density at radius 3 is 2.75 bits per heavy atom. The molecule has 5 rings (SSSR count). The van der Waals surface area contributed by atoms with Crippen LogP contribution in [0.3, 0.4) is 0 Å². The van der Waals surface area contributed by atoms with Crippen molar-refractivity contribution < 1.29 is 4.79 Å². The topological polar surface area (TPSA) is 63.4 Å². The van der Waals surface area contributed by atoms with Gasteiger partial charge in [-0.1, -0.05) is 20.8 Å². The number of amides is 1. The van der Waals surface area contributed by atoms with Crippen LogP contribution in [-0.2, 0) is 12.8 Å². The number of rotatable bonds is 1. The maximum Gasteiger partial charge on any atom is 0.293 e. The van der Waals surface area contributed by atoms with E-state index in [2.05, 4.69) is 30.9 Å². The van der Waals surface area contributed by atoms with Crippen LogP contribution >= 0.6 is 11.3 Å². The predicted octanol–water partition coefficient (Wildman–Crippen LogP) is 4.12. The number of aromatic nitrogens is 4. The van der Waals surface area contributed by atoms with Gasteiger partial charge in [0.2, 0.25) is 5.82 Å². The van der Waals surface area contributed by atoms with Gasteiger partial charge < -0.3 is 4.90 Å². The van der Waals surface area contributed by atoms with Gasteiger partial charge in [-0.3, -0.25) is 4.79 Å². The molecule has 3 aromatic heterocycles. The molecule has 1 fully saturated rings. The molecule has 0 saturated carbocycles. The van der Waals surface area contributed by atoms with E-state index in [9.17, 15) is 4.79 Å². The molecule has 1 aliphatic carbocycles. The van der Waals surface area contributed by atoms with Crippen LogP contribution in [0.4, 0.5) is 0 Å². The first-order valence-electron chi connectivity index (χ1n) is 10.4. The van der Waals surface area contributed by atoms with Crippen molar-refractivity contribution in [3.8, 4) is 0 Å². The van der Waals surface area contributed by atoms with Gasteiger partial charge >= 0.3 is 0 Å². The molecule has 148 valence electrons. The fourth-order valence-electron chi connectivity index (χ4n) is 4.64. The zero-order chi connectivity index (χ0) is 19.5. The second-order valence-electron chi connectivity index (χ2n) is 9.29. The van der Waals surface area contributed by atoms with E-state index >= 15 is 0 Å². The first-order valence-corrected chi connectivity index (χ1v) is 11.2. The van der Waals surface area contributed by atoms with Crippen LogP contribution in [0.2, 0.25) is 0 Å². The third kappa shape index (κ3) is 2.91. The Labute approximate surface area is 169 Å². The van der Waals surface area contributed by atoms with E-state index < -0.39 is 0 Å². The summed E-state index contributed by atoms with van der Waals surface area (Å²) in [5.41, 5.74) is 2.49. The Balaban J connectivity index is 1.56. The average Bonchev–Trinajstić information content (AvgIpc) is 3.27. The highest BCUT2D eigenvalue weighted by Crippen LogP contribution is 2.43. The summed E-state index contributed by atoms with van der Waals surface area (Å²) in [6, 6.07) is 0. The molecular weight excluding hydrogens is 370 g/mol. The summed E-state index contributed by atoms with van der Waals surface area (Å²) < 4.78 is 1.70. The summed E-state index contributed by atoms with van der Waals surface area (Å²) in [4.78, 5) is 26.5. The maximum atomic E-state index is 12.9. The number of aryl methyl sites for hydroxylation is 1. The lowest BCUT2D eigenvalue weighted by Crippen LogP contribution is -2.36. The average molecular weight is 398 g/mol. The fraction of sp³-hybridized carbons (Fsp3) is 0.619. The normalized spacial score (nSPS) is 20.7. The first-order chi connectivity index (χ1) is 13.4. The molecule has 0 aromatic carbocycles. The number of piperidine rings is 1. The molecule has 3 aromatic rings. The number of likely N-dealkylation sites (tertiary alicyclic amines) is 1. The molecule has 1 saturated heterocycles. The largest absolute Gasteiger partial charge is 0.336 e. The summed E-state index contributed by atoms with van der Waals surface area (Å²) >= 11 is 1.79. The quantitative estimate of drug-likeness (QED) is 0.620. The van der Waals surface area contributed by atoms with Crippen molar-refractivity contribution in [3.63, 3.8) is 0 Å². The van der Waals surface area contributed by atoms with Crippen LogP contribution in [0.5, 0.6) is 0 Å². The first kappa shape index (κ1) is 18.0. The highest BCUT2D eigenvalue weighted by molar-refractivity contribution is 7.19. The number of fused-ring (bicyclic) bond motifs is 5. The molecule has 1 atom stereocenters. The van der Waals surface area contributed by atoms with Crippen LogP contribution in [0.25, 0.3) is 15.9 Å². The van der Waals surface area contributed by atoms with E-state index in [0.29, 0.717) is 17.2 Å². The number of carbonyl (C=O) groups is 1. The minimum atomic E-state index is -0.0477. The third-order valence-corrected chi connectivity index (χ3v) is 7.61. The summed E-state index contributed by atoms with van der Waals surface area (Å²) in [6.45, 7) is 8.63. The van der Waals surface area contributed by atoms with Gasteiger partial charge in [-0.15, -0.1) is 16.4 Å². The smallest absolute Gasteiger partial charge is 0.293 e. The number of carbonyl (C=O) groups excluding carboxylic acids is 1. The minimum absolute atomic E-state index is 0.0477. The van der Waals surface area contributed by atoms with Crippen LogP contribution in [-0.4, -0.2) is 43.5 Å². The van der Waals surface area contributed by atoms with Gasteiger partial charge in [0, 0.05) is 18.0 Å². The molecule has 4 heterocycles. The summed E-state index contributed by atoms with van der Waals surface area (Å²) in [5, 5.41) is 5.59. The molecular formula is C21H27N5OS. The van der Waals surface area contributed by atoms with Crippen molar-refractivity contribution in [3.05, 3.63) is 22.6 Å². The molecule has 1 aliphatic heterocycles. The standard InChI is InChI=1S/C21H27N5OS/c1-21(2,3)13-7-8-14-15(11-13)28-19-16(14)18-23-17(24-26(18)12-22-19)20(27)25-9-5-4-6-10-25/h12-13H,4-11H2,1-3H3/t13-/m0/s1. The lowest BCUT2D eigenvalue weighted by Gasteiger charge is -2.33. The van der Waals surface area contributed by atoms with Crippen molar-refractivity contribution in [2.24, 2.45) is 11.3 Å². The summed E-state index contributed by atoms with van der Waals surface area (Å²) in [7, 11) is 0. The van der Waals surface area contributed by atoms with Crippen LogP contribution < -0.4 is 0 Å². The monoisotopic (exact) mass is 397 g/mol. The van der Waals surface area contributed by atoms with Crippen LogP contribution in [0, 0.1) is 11.3 Å². The predicted molar refractivity (Wildman–Crippen MR) is 111 cm³/mol. The van der Waals surface area contributed by atoms with E-state index in [4.69, 9.17) is 4.98 Å². The summed E-state index contributed by atoms with van der Waals surface area (Å²) in [6.07, 6.45) is 8.40. The Morgan fingerprint density at radius 2 is 2.00 bits per heavy atom. The molecule has 0 unspecified atom stereocenters. The highest BCUT2D eigenvalue weighted by atomic mass is 32.1. The van der Waals surface area contributed by atoms with Crippen molar-refractivity contribution in [2.45, 2.75) is 59.3 Å². The minimum Gasteiger partial charge on any atom is -0.336 e. The Morgan fingerprint density at radius 1 is 1.21 bits per heavy atom. The molecule has 0 spiro atoms. The fourth-order valence-corrected chi connectivity index (χ4v) is 5.90. The van der Waals surface area contributed by atoms with Gasteiger partial charge in [-0.05, 0) is 55.4 Å². The zero-order valence-electron chi connectivity index (χ0n) is 16.9. The molecule has 1 amide bonds. The van der Waals surface area contributed by atoms with Gasteiger partial charge in [-0.2, -0.15) is 0 Å². The van der Waals surface area contributed by atoms with Crippen molar-refractivity contribution >= 4 is 33.1 Å². The van der Waals surface area contributed by atoms with Gasteiger partial charge in [0.05, 0.1) is 5.39 Å². The lowest BCUT2D eigenvalue weighted by atomic mass is 9.72. The zero-order valence-corrected chi connectivity index (χ0v) is 17.7. The molecule has 7 heteroatoms. The molecule has 0 N–H and O–H groups in total. The second-order valence-corrected chi connectivity index (χ2v) is 10.4. The van der Waals surface area contributed by atoms with Crippen LogP contribution in [0.1, 0.15) is 67.5 Å². The second kappa shape index (κ2) is 6.51. The van der Waals surface area contributed by atoms with Gasteiger partial charge in [0.15, 0.2) is 5.65 Å². The number of hydrogen-bond acceptors (Lipinski definition) is 5. The SMILES string of the molecule is CC(C)(C)[C@H]1CCc2c(sc3ncn4nc(C(=O)N5CCCCC5)nc4c23)C1. The Kier molecular flexibility index (Phi) is 4.19. The van der Waals surface area contributed by atoms with E-state index in [1.165, 1.54) is 23.3 Å². The Bertz CT molecular complexity index is 1050. The Hall–Kier alpha value is -2.02. The molecule has 0 radical (unpaired) electrons. The third-order valence-electron chi connectivity index (χ3n) is 6.45. The molecule has 28 heavy (non-hydrogen) atoms. The lowest BCUT2D eigenvalue weighted by molar-refractivity contribution is 0.0712.